The topological polar surface area (TPSA) is 29.9 Å². The Balaban J connectivity index is 1.90. The second-order valence-corrected chi connectivity index (χ2v) is 5.73. The van der Waals surface area contributed by atoms with Gasteiger partial charge in [-0.2, -0.15) is 0 Å². The molecule has 1 saturated carbocycles. The van der Waals surface area contributed by atoms with Gasteiger partial charge in [0, 0.05) is 31.7 Å². The summed E-state index contributed by atoms with van der Waals surface area (Å²) in [6, 6.07) is 0. The van der Waals surface area contributed by atoms with Gasteiger partial charge in [-0.25, -0.2) is 4.98 Å². The van der Waals surface area contributed by atoms with E-state index in [-0.39, 0.29) is 0 Å². The first-order valence-corrected chi connectivity index (χ1v) is 6.44. The predicted octanol–water partition coefficient (Wildman–Crippen LogP) is 2.03. The summed E-state index contributed by atoms with van der Waals surface area (Å²) in [5.74, 6) is 1.21. The van der Waals surface area contributed by atoms with Gasteiger partial charge in [0.1, 0.15) is 5.82 Å². The fourth-order valence-corrected chi connectivity index (χ4v) is 3.04. The monoisotopic (exact) mass is 219 g/mol. The molecule has 0 bridgehead atoms. The van der Waals surface area contributed by atoms with Crippen LogP contribution in [0.5, 0.6) is 0 Å². The summed E-state index contributed by atoms with van der Waals surface area (Å²) in [5, 5.41) is 3.40. The standard InChI is InChI=1S/C13H21N3/c1-10-15-11-8-14-7-4-12(11)16(10)9-13(2)5-3-6-13/h14H,3-9H2,1-2H3. The summed E-state index contributed by atoms with van der Waals surface area (Å²) < 4.78 is 2.48. The minimum atomic E-state index is 0.546. The highest BCUT2D eigenvalue weighted by Crippen LogP contribution is 2.42. The van der Waals surface area contributed by atoms with Gasteiger partial charge in [0.15, 0.2) is 0 Å². The first-order chi connectivity index (χ1) is 7.68. The molecule has 3 heteroatoms. The second-order valence-electron chi connectivity index (χ2n) is 5.73. The Morgan fingerprint density at radius 1 is 1.44 bits per heavy atom. The van der Waals surface area contributed by atoms with Crippen LogP contribution in [0.25, 0.3) is 0 Å². The number of rotatable bonds is 2. The van der Waals surface area contributed by atoms with Gasteiger partial charge in [0.05, 0.1) is 5.69 Å². The zero-order valence-corrected chi connectivity index (χ0v) is 10.3. The number of hydrogen-bond acceptors (Lipinski definition) is 2. The highest BCUT2D eigenvalue weighted by Gasteiger charge is 2.33. The van der Waals surface area contributed by atoms with Crippen molar-refractivity contribution in [1.82, 2.24) is 14.9 Å². The lowest BCUT2D eigenvalue weighted by Gasteiger charge is -2.39. The van der Waals surface area contributed by atoms with E-state index in [4.69, 9.17) is 4.98 Å². The molecule has 88 valence electrons. The molecule has 1 aromatic rings. The van der Waals surface area contributed by atoms with E-state index in [0.29, 0.717) is 5.41 Å². The van der Waals surface area contributed by atoms with Crippen molar-refractivity contribution < 1.29 is 0 Å². The first kappa shape index (κ1) is 10.3. The summed E-state index contributed by atoms with van der Waals surface area (Å²) >= 11 is 0. The number of nitrogens with one attached hydrogen (secondary N) is 1. The van der Waals surface area contributed by atoms with Gasteiger partial charge < -0.3 is 9.88 Å². The Hall–Kier alpha value is -0.830. The Labute approximate surface area is 97.3 Å². The lowest BCUT2D eigenvalue weighted by atomic mass is 9.70. The third-order valence-electron chi connectivity index (χ3n) is 4.28. The zero-order valence-electron chi connectivity index (χ0n) is 10.3. The van der Waals surface area contributed by atoms with Crippen molar-refractivity contribution >= 4 is 0 Å². The summed E-state index contributed by atoms with van der Waals surface area (Å²) in [5.41, 5.74) is 3.32. The number of aryl methyl sites for hydroxylation is 1. The third-order valence-corrected chi connectivity index (χ3v) is 4.28. The van der Waals surface area contributed by atoms with E-state index < -0.39 is 0 Å². The van der Waals surface area contributed by atoms with Gasteiger partial charge >= 0.3 is 0 Å². The largest absolute Gasteiger partial charge is 0.331 e. The van der Waals surface area contributed by atoms with Crippen LogP contribution in [-0.4, -0.2) is 16.1 Å². The molecule has 0 spiro atoms. The van der Waals surface area contributed by atoms with Crippen LogP contribution in [0.3, 0.4) is 0 Å². The van der Waals surface area contributed by atoms with Gasteiger partial charge in [-0.05, 0) is 25.2 Å². The fourth-order valence-electron chi connectivity index (χ4n) is 3.04. The lowest BCUT2D eigenvalue weighted by Crippen LogP contribution is -2.33. The summed E-state index contributed by atoms with van der Waals surface area (Å²) in [7, 11) is 0. The van der Waals surface area contributed by atoms with Gasteiger partial charge in [-0.15, -0.1) is 0 Å². The van der Waals surface area contributed by atoms with Crippen molar-refractivity contribution in [3.63, 3.8) is 0 Å². The number of aromatic nitrogens is 2. The quantitative estimate of drug-likeness (QED) is 0.825. The van der Waals surface area contributed by atoms with Crippen LogP contribution in [0.2, 0.25) is 0 Å². The number of nitrogens with zero attached hydrogens (tertiary/aromatic N) is 2. The van der Waals surface area contributed by atoms with Crippen LogP contribution in [0.1, 0.15) is 43.4 Å². The van der Waals surface area contributed by atoms with E-state index >= 15 is 0 Å². The van der Waals surface area contributed by atoms with E-state index in [9.17, 15) is 0 Å². The molecule has 3 rings (SSSR count). The van der Waals surface area contributed by atoms with Crippen LogP contribution < -0.4 is 5.32 Å². The first-order valence-electron chi connectivity index (χ1n) is 6.44. The molecule has 2 aliphatic rings. The van der Waals surface area contributed by atoms with Crippen LogP contribution in [0, 0.1) is 12.3 Å². The van der Waals surface area contributed by atoms with Crippen molar-refractivity contribution in [3.8, 4) is 0 Å². The van der Waals surface area contributed by atoms with E-state index in [2.05, 4.69) is 23.7 Å². The third kappa shape index (κ3) is 1.58. The molecule has 2 heterocycles. The van der Waals surface area contributed by atoms with Crippen LogP contribution in [-0.2, 0) is 19.5 Å². The van der Waals surface area contributed by atoms with Crippen LogP contribution in [0.4, 0.5) is 0 Å². The minimum Gasteiger partial charge on any atom is -0.331 e. The molecule has 0 saturated heterocycles. The molecule has 1 N–H and O–H groups in total. The predicted molar refractivity (Wildman–Crippen MR) is 64.3 cm³/mol. The molecule has 1 aliphatic carbocycles. The molecule has 1 aromatic heterocycles. The van der Waals surface area contributed by atoms with Crippen LogP contribution >= 0.6 is 0 Å². The van der Waals surface area contributed by atoms with E-state index in [1.54, 1.807) is 0 Å². The van der Waals surface area contributed by atoms with Crippen molar-refractivity contribution in [3.05, 3.63) is 17.2 Å². The SMILES string of the molecule is Cc1nc2c(n1CC1(C)CCC1)CCNC2. The average Bonchev–Trinajstić information content (AvgIpc) is 2.53. The molecular weight excluding hydrogens is 198 g/mol. The van der Waals surface area contributed by atoms with Crippen molar-refractivity contribution in [2.75, 3.05) is 6.54 Å². The minimum absolute atomic E-state index is 0.546. The maximum absolute atomic E-state index is 4.69. The zero-order chi connectivity index (χ0) is 11.2. The fraction of sp³-hybridized carbons (Fsp3) is 0.769. The van der Waals surface area contributed by atoms with Gasteiger partial charge in [-0.1, -0.05) is 13.3 Å². The highest BCUT2D eigenvalue weighted by atomic mass is 15.1. The Kier molecular flexibility index (Phi) is 2.32. The number of imidazole rings is 1. The normalized spacial score (nSPS) is 22.6. The molecule has 16 heavy (non-hydrogen) atoms. The maximum atomic E-state index is 4.69. The smallest absolute Gasteiger partial charge is 0.106 e. The number of hydrogen-bond donors (Lipinski definition) is 1. The van der Waals surface area contributed by atoms with Crippen molar-refractivity contribution in [1.29, 1.82) is 0 Å². The summed E-state index contributed by atoms with van der Waals surface area (Å²) in [6.45, 7) is 7.82. The molecule has 1 fully saturated rings. The van der Waals surface area contributed by atoms with Crippen molar-refractivity contribution in [2.24, 2.45) is 5.41 Å². The molecular formula is C13H21N3. The van der Waals surface area contributed by atoms with E-state index in [1.165, 1.54) is 43.0 Å². The maximum Gasteiger partial charge on any atom is 0.106 e. The highest BCUT2D eigenvalue weighted by molar-refractivity contribution is 5.20. The molecule has 0 amide bonds. The average molecular weight is 219 g/mol. The van der Waals surface area contributed by atoms with Gasteiger partial charge in [0.2, 0.25) is 0 Å². The second kappa shape index (κ2) is 3.59. The molecule has 0 radical (unpaired) electrons. The van der Waals surface area contributed by atoms with E-state index in [0.717, 1.165) is 19.5 Å². The van der Waals surface area contributed by atoms with E-state index in [1.807, 2.05) is 0 Å². The molecule has 0 unspecified atom stereocenters. The Morgan fingerprint density at radius 3 is 2.94 bits per heavy atom. The molecule has 3 nitrogen and oxygen atoms in total. The number of fused-ring (bicyclic) bond motifs is 1. The van der Waals surface area contributed by atoms with Gasteiger partial charge in [-0.3, -0.25) is 0 Å². The van der Waals surface area contributed by atoms with Crippen LogP contribution in [0.15, 0.2) is 0 Å². The van der Waals surface area contributed by atoms with Gasteiger partial charge in [0.25, 0.3) is 0 Å². The van der Waals surface area contributed by atoms with Crippen molar-refractivity contribution in [2.45, 2.75) is 52.6 Å². The Morgan fingerprint density at radius 2 is 2.25 bits per heavy atom. The molecule has 0 aromatic carbocycles. The lowest BCUT2D eigenvalue weighted by molar-refractivity contribution is 0.129. The Bertz CT molecular complexity index is 402. The summed E-state index contributed by atoms with van der Waals surface area (Å²) in [6.07, 6.45) is 5.33. The molecule has 1 aliphatic heterocycles. The molecule has 0 atom stereocenters. The summed E-state index contributed by atoms with van der Waals surface area (Å²) in [4.78, 5) is 4.69.